The number of hydrogen-bond donors (Lipinski definition) is 1. The van der Waals surface area contributed by atoms with Crippen molar-refractivity contribution in [1.29, 1.82) is 0 Å². The summed E-state index contributed by atoms with van der Waals surface area (Å²) in [5.74, 6) is 0.396. The van der Waals surface area contributed by atoms with Crippen LogP contribution in [0, 0.1) is 5.92 Å². The molecule has 1 unspecified atom stereocenters. The molecule has 31 heavy (non-hydrogen) atoms. The van der Waals surface area contributed by atoms with E-state index in [1.165, 1.54) is 0 Å². The molecule has 0 bridgehead atoms. The largest absolute Gasteiger partial charge is 0.353 e. The lowest BCUT2D eigenvalue weighted by Gasteiger charge is -2.39. The van der Waals surface area contributed by atoms with E-state index < -0.39 is 0 Å². The highest BCUT2D eigenvalue weighted by molar-refractivity contribution is 5.94. The molecule has 1 aromatic carbocycles. The number of nitrogens with one attached hydrogen (secondary N) is 1. The minimum Gasteiger partial charge on any atom is -0.353 e. The van der Waals surface area contributed by atoms with Gasteiger partial charge in [-0.15, -0.1) is 0 Å². The van der Waals surface area contributed by atoms with E-state index in [2.05, 4.69) is 12.2 Å². The molecular formula is C25H37N3O3. The van der Waals surface area contributed by atoms with Gasteiger partial charge in [-0.25, -0.2) is 0 Å². The third-order valence-corrected chi connectivity index (χ3v) is 6.59. The topological polar surface area (TPSA) is 69.7 Å². The lowest BCUT2D eigenvalue weighted by Crippen LogP contribution is -2.50. The van der Waals surface area contributed by atoms with Crippen molar-refractivity contribution >= 4 is 17.7 Å². The Hall–Kier alpha value is -2.37. The Bertz CT molecular complexity index is 738. The van der Waals surface area contributed by atoms with Crippen LogP contribution in [-0.4, -0.2) is 59.2 Å². The van der Waals surface area contributed by atoms with Gasteiger partial charge in [-0.2, -0.15) is 0 Å². The summed E-state index contributed by atoms with van der Waals surface area (Å²) >= 11 is 0. The second-order valence-electron chi connectivity index (χ2n) is 9.07. The first-order valence-electron chi connectivity index (χ1n) is 11.9. The summed E-state index contributed by atoms with van der Waals surface area (Å²) in [6.07, 6.45) is 7.02. The average molecular weight is 428 g/mol. The first-order chi connectivity index (χ1) is 15.0. The summed E-state index contributed by atoms with van der Waals surface area (Å²) in [7, 11) is 0. The van der Waals surface area contributed by atoms with Crippen LogP contribution >= 0.6 is 0 Å². The molecule has 1 aromatic rings. The Morgan fingerprint density at radius 2 is 1.71 bits per heavy atom. The summed E-state index contributed by atoms with van der Waals surface area (Å²) < 4.78 is 0. The van der Waals surface area contributed by atoms with E-state index >= 15 is 0 Å². The molecule has 6 heteroatoms. The normalized spacial score (nSPS) is 18.6. The van der Waals surface area contributed by atoms with E-state index in [0.29, 0.717) is 25.1 Å². The van der Waals surface area contributed by atoms with Gasteiger partial charge in [-0.1, -0.05) is 38.0 Å². The zero-order valence-corrected chi connectivity index (χ0v) is 19.0. The maximum atomic E-state index is 13.1. The summed E-state index contributed by atoms with van der Waals surface area (Å²) in [5.41, 5.74) is 0.717. The summed E-state index contributed by atoms with van der Waals surface area (Å²) in [6.45, 7) is 6.06. The van der Waals surface area contributed by atoms with Crippen LogP contribution in [0.1, 0.15) is 75.6 Å². The second kappa shape index (κ2) is 11.3. The van der Waals surface area contributed by atoms with Crippen molar-refractivity contribution in [3.05, 3.63) is 35.9 Å². The van der Waals surface area contributed by atoms with Crippen LogP contribution in [-0.2, 0) is 9.59 Å². The molecule has 1 heterocycles. The van der Waals surface area contributed by atoms with Gasteiger partial charge in [-0.05, 0) is 51.2 Å². The number of rotatable bonds is 8. The molecule has 3 rings (SSSR count). The monoisotopic (exact) mass is 427 g/mol. The minimum absolute atomic E-state index is 0.0654. The molecule has 1 atom stereocenters. The smallest absolute Gasteiger partial charge is 0.253 e. The van der Waals surface area contributed by atoms with Crippen molar-refractivity contribution in [2.75, 3.05) is 19.6 Å². The number of piperidine rings is 1. The SMILES string of the molecule is CCCN(C(=O)CC(C)NC(=O)C1CCCC1)C1CCN(C(=O)c2ccccc2)CC1. The third kappa shape index (κ3) is 6.31. The Labute approximate surface area is 186 Å². The highest BCUT2D eigenvalue weighted by Crippen LogP contribution is 2.25. The van der Waals surface area contributed by atoms with E-state index in [1.54, 1.807) is 0 Å². The number of likely N-dealkylation sites (tertiary alicyclic amines) is 1. The van der Waals surface area contributed by atoms with E-state index in [9.17, 15) is 14.4 Å². The molecule has 170 valence electrons. The molecule has 1 aliphatic heterocycles. The van der Waals surface area contributed by atoms with Gasteiger partial charge in [-0.3, -0.25) is 14.4 Å². The van der Waals surface area contributed by atoms with E-state index in [4.69, 9.17) is 0 Å². The molecule has 0 aromatic heterocycles. The number of benzene rings is 1. The fraction of sp³-hybridized carbons (Fsp3) is 0.640. The molecule has 1 saturated heterocycles. The fourth-order valence-electron chi connectivity index (χ4n) is 4.87. The van der Waals surface area contributed by atoms with Crippen molar-refractivity contribution in [3.8, 4) is 0 Å². The van der Waals surface area contributed by atoms with Crippen LogP contribution in [0.2, 0.25) is 0 Å². The Morgan fingerprint density at radius 3 is 2.32 bits per heavy atom. The molecule has 1 aliphatic carbocycles. The first-order valence-corrected chi connectivity index (χ1v) is 11.9. The van der Waals surface area contributed by atoms with Gasteiger partial charge in [0, 0.05) is 49.6 Å². The molecule has 1 saturated carbocycles. The fourth-order valence-corrected chi connectivity index (χ4v) is 4.87. The Kier molecular flexibility index (Phi) is 8.50. The standard InChI is InChI=1S/C25H37N3O3/c1-3-15-28(23(29)18-19(2)26-24(30)20-9-7-8-10-20)22-13-16-27(17-14-22)25(31)21-11-5-4-6-12-21/h4-6,11-12,19-20,22H,3,7-10,13-18H2,1-2H3,(H,26,30). The van der Waals surface area contributed by atoms with Crippen LogP contribution in [0.3, 0.4) is 0 Å². The van der Waals surface area contributed by atoms with E-state index in [-0.39, 0.29) is 35.7 Å². The first kappa shape index (κ1) is 23.3. The van der Waals surface area contributed by atoms with Crippen LogP contribution in [0.25, 0.3) is 0 Å². The number of carbonyl (C=O) groups excluding carboxylic acids is 3. The second-order valence-corrected chi connectivity index (χ2v) is 9.07. The van der Waals surface area contributed by atoms with Gasteiger partial charge in [0.25, 0.3) is 5.91 Å². The molecule has 0 radical (unpaired) electrons. The zero-order valence-electron chi connectivity index (χ0n) is 19.0. The highest BCUT2D eigenvalue weighted by atomic mass is 16.2. The van der Waals surface area contributed by atoms with Crippen molar-refractivity contribution in [2.45, 2.75) is 77.3 Å². The van der Waals surface area contributed by atoms with Crippen molar-refractivity contribution in [3.63, 3.8) is 0 Å². The van der Waals surface area contributed by atoms with Gasteiger partial charge in [0.15, 0.2) is 0 Å². The van der Waals surface area contributed by atoms with Gasteiger partial charge < -0.3 is 15.1 Å². The molecule has 1 N–H and O–H groups in total. The van der Waals surface area contributed by atoms with E-state index in [0.717, 1.165) is 51.5 Å². The van der Waals surface area contributed by atoms with E-state index in [1.807, 2.05) is 47.1 Å². The number of carbonyl (C=O) groups is 3. The lowest BCUT2D eigenvalue weighted by atomic mass is 10.0. The van der Waals surface area contributed by atoms with Crippen LogP contribution < -0.4 is 5.32 Å². The number of nitrogens with zero attached hydrogens (tertiary/aromatic N) is 2. The minimum atomic E-state index is -0.153. The molecule has 2 aliphatic rings. The maximum Gasteiger partial charge on any atom is 0.253 e. The molecular weight excluding hydrogens is 390 g/mol. The lowest BCUT2D eigenvalue weighted by molar-refractivity contribution is -0.135. The van der Waals surface area contributed by atoms with Crippen molar-refractivity contribution in [1.82, 2.24) is 15.1 Å². The molecule has 0 spiro atoms. The molecule has 6 nitrogen and oxygen atoms in total. The van der Waals surface area contributed by atoms with Crippen LogP contribution in [0.4, 0.5) is 0 Å². The highest BCUT2D eigenvalue weighted by Gasteiger charge is 2.31. The maximum absolute atomic E-state index is 13.1. The van der Waals surface area contributed by atoms with Gasteiger partial charge in [0.2, 0.25) is 11.8 Å². The summed E-state index contributed by atoms with van der Waals surface area (Å²) in [4.78, 5) is 42.0. The number of amides is 3. The van der Waals surface area contributed by atoms with Gasteiger partial charge >= 0.3 is 0 Å². The third-order valence-electron chi connectivity index (χ3n) is 6.59. The van der Waals surface area contributed by atoms with Crippen molar-refractivity contribution < 1.29 is 14.4 Å². The van der Waals surface area contributed by atoms with Crippen molar-refractivity contribution in [2.24, 2.45) is 5.92 Å². The predicted octanol–water partition coefficient (Wildman–Crippen LogP) is 3.61. The van der Waals surface area contributed by atoms with Gasteiger partial charge in [0.1, 0.15) is 0 Å². The zero-order chi connectivity index (χ0) is 22.2. The van der Waals surface area contributed by atoms with Crippen LogP contribution in [0.5, 0.6) is 0 Å². The predicted molar refractivity (Wildman–Crippen MR) is 122 cm³/mol. The van der Waals surface area contributed by atoms with Gasteiger partial charge in [0.05, 0.1) is 0 Å². The summed E-state index contributed by atoms with van der Waals surface area (Å²) in [5, 5.41) is 3.05. The Balaban J connectivity index is 1.51. The summed E-state index contributed by atoms with van der Waals surface area (Å²) in [6, 6.07) is 9.38. The average Bonchev–Trinajstić information content (AvgIpc) is 3.33. The number of hydrogen-bond acceptors (Lipinski definition) is 3. The molecule has 3 amide bonds. The Morgan fingerprint density at radius 1 is 1.06 bits per heavy atom. The van der Waals surface area contributed by atoms with Crippen LogP contribution in [0.15, 0.2) is 30.3 Å². The quantitative estimate of drug-likeness (QED) is 0.689. The molecule has 2 fully saturated rings.